The van der Waals surface area contributed by atoms with Crippen LogP contribution in [0, 0.1) is 20.8 Å². The van der Waals surface area contributed by atoms with Crippen LogP contribution < -0.4 is 20.4 Å². The Morgan fingerprint density at radius 3 is 2.45 bits per heavy atom. The molecule has 1 amide bonds. The molecule has 0 aliphatic carbocycles. The molecule has 0 unspecified atom stereocenters. The molecule has 0 aliphatic heterocycles. The Morgan fingerprint density at radius 1 is 0.970 bits per heavy atom. The van der Waals surface area contributed by atoms with Crippen molar-refractivity contribution >= 4 is 27.8 Å². The van der Waals surface area contributed by atoms with E-state index in [-0.39, 0.29) is 12.3 Å². The molecule has 7 heteroatoms. The van der Waals surface area contributed by atoms with Gasteiger partial charge in [0.2, 0.25) is 5.91 Å². The number of benzene rings is 2. The fraction of sp³-hybridized carbons (Fsp3) is 0.308. The van der Waals surface area contributed by atoms with Gasteiger partial charge in [0.05, 0.1) is 32.5 Å². The van der Waals surface area contributed by atoms with Crippen molar-refractivity contribution in [3.8, 4) is 11.5 Å². The summed E-state index contributed by atoms with van der Waals surface area (Å²) in [4.78, 5) is 25.3. The minimum atomic E-state index is -0.499. The highest BCUT2D eigenvalue weighted by atomic mass is 16.5. The highest BCUT2D eigenvalue weighted by Gasteiger charge is 2.19. The normalized spacial score (nSPS) is 11.2. The van der Waals surface area contributed by atoms with Crippen molar-refractivity contribution in [2.45, 2.75) is 33.6 Å². The topological polar surface area (TPSA) is 90.9 Å². The van der Waals surface area contributed by atoms with E-state index in [0.717, 1.165) is 33.0 Å². The Hall–Kier alpha value is -3.74. The number of furan rings is 1. The van der Waals surface area contributed by atoms with Crippen molar-refractivity contribution in [3.05, 3.63) is 68.8 Å². The molecule has 4 aromatic rings. The fourth-order valence-corrected chi connectivity index (χ4v) is 4.13. The van der Waals surface area contributed by atoms with E-state index in [1.807, 2.05) is 45.0 Å². The summed E-state index contributed by atoms with van der Waals surface area (Å²) in [6, 6.07) is 7.61. The minimum Gasteiger partial charge on any atom is -0.493 e. The lowest BCUT2D eigenvalue weighted by Crippen LogP contribution is -2.29. The third-order valence-corrected chi connectivity index (χ3v) is 6.06. The van der Waals surface area contributed by atoms with Gasteiger partial charge in [-0.05, 0) is 62.1 Å². The molecule has 0 spiro atoms. The van der Waals surface area contributed by atoms with Crippen molar-refractivity contribution in [2.75, 3.05) is 20.8 Å². The summed E-state index contributed by atoms with van der Waals surface area (Å²) in [5.41, 5.74) is 4.62. The number of hydrogen-bond acceptors (Lipinski definition) is 6. The lowest BCUT2D eigenvalue weighted by atomic mass is 9.99. The van der Waals surface area contributed by atoms with E-state index in [4.69, 9.17) is 18.3 Å². The maximum absolute atomic E-state index is 12.7. The molecule has 2 heterocycles. The Kier molecular flexibility index (Phi) is 6.14. The maximum atomic E-state index is 12.7. The predicted octanol–water partition coefficient (Wildman–Crippen LogP) is 4.38. The Balaban J connectivity index is 1.51. The lowest BCUT2D eigenvalue weighted by Gasteiger charge is -2.11. The lowest BCUT2D eigenvalue weighted by molar-refractivity contribution is -0.120. The quantitative estimate of drug-likeness (QED) is 0.421. The molecule has 2 aromatic carbocycles. The number of ether oxygens (including phenoxy) is 2. The first-order chi connectivity index (χ1) is 15.8. The first kappa shape index (κ1) is 22.5. The van der Waals surface area contributed by atoms with Crippen molar-refractivity contribution in [2.24, 2.45) is 0 Å². The number of carbonyl (C=O) groups is 1. The monoisotopic (exact) mass is 449 g/mol. The van der Waals surface area contributed by atoms with E-state index in [0.29, 0.717) is 41.2 Å². The van der Waals surface area contributed by atoms with Gasteiger partial charge in [0, 0.05) is 22.9 Å². The molecule has 0 aliphatic rings. The molecular weight excluding hydrogens is 422 g/mol. The molecule has 0 saturated carbocycles. The van der Waals surface area contributed by atoms with E-state index in [1.165, 1.54) is 0 Å². The van der Waals surface area contributed by atoms with Gasteiger partial charge in [0.15, 0.2) is 11.5 Å². The summed E-state index contributed by atoms with van der Waals surface area (Å²) in [6.07, 6.45) is 2.27. The maximum Gasteiger partial charge on any atom is 0.340 e. The standard InChI is InChI=1S/C26H27NO6/c1-14-13-32-24-16(3)25-19(11-18(14)24)15(2)20(26(29)33-25)12-23(28)27-9-8-17-6-7-21(30-4)22(10-17)31-5/h6-7,10-11,13H,8-9,12H2,1-5H3,(H,27,28). The highest BCUT2D eigenvalue weighted by Crippen LogP contribution is 2.32. The van der Waals surface area contributed by atoms with E-state index in [1.54, 1.807) is 20.5 Å². The smallest absolute Gasteiger partial charge is 0.340 e. The number of aryl methyl sites for hydroxylation is 3. The van der Waals surface area contributed by atoms with Gasteiger partial charge in [0.1, 0.15) is 11.2 Å². The van der Waals surface area contributed by atoms with Crippen molar-refractivity contribution in [1.82, 2.24) is 5.32 Å². The van der Waals surface area contributed by atoms with Gasteiger partial charge in [-0.1, -0.05) is 6.07 Å². The molecule has 0 bridgehead atoms. The van der Waals surface area contributed by atoms with Crippen molar-refractivity contribution in [1.29, 1.82) is 0 Å². The largest absolute Gasteiger partial charge is 0.493 e. The van der Waals surface area contributed by atoms with Gasteiger partial charge in [0.25, 0.3) is 0 Å². The summed E-state index contributed by atoms with van der Waals surface area (Å²) in [6.45, 7) is 6.13. The summed E-state index contributed by atoms with van der Waals surface area (Å²) in [5.74, 6) is 1.06. The molecule has 0 atom stereocenters. The molecule has 2 aromatic heterocycles. The van der Waals surface area contributed by atoms with E-state index < -0.39 is 5.63 Å². The molecule has 7 nitrogen and oxygen atoms in total. The zero-order valence-corrected chi connectivity index (χ0v) is 19.5. The van der Waals surface area contributed by atoms with Gasteiger partial charge in [-0.3, -0.25) is 4.79 Å². The van der Waals surface area contributed by atoms with Crippen molar-refractivity contribution < 1.29 is 23.1 Å². The number of amides is 1. The van der Waals surface area contributed by atoms with Crippen LogP contribution in [0.3, 0.4) is 0 Å². The fourth-order valence-electron chi connectivity index (χ4n) is 4.13. The molecule has 4 rings (SSSR count). The van der Waals surface area contributed by atoms with Crippen LogP contribution in [-0.4, -0.2) is 26.7 Å². The van der Waals surface area contributed by atoms with Crippen LogP contribution in [0.4, 0.5) is 0 Å². The molecule has 172 valence electrons. The van der Waals surface area contributed by atoms with E-state index in [2.05, 4.69) is 5.32 Å². The molecule has 1 N–H and O–H groups in total. The zero-order valence-electron chi connectivity index (χ0n) is 19.5. The summed E-state index contributed by atoms with van der Waals surface area (Å²) >= 11 is 0. The van der Waals surface area contributed by atoms with Gasteiger partial charge in [-0.25, -0.2) is 4.79 Å². The zero-order chi connectivity index (χ0) is 23.7. The molecular formula is C26H27NO6. The average Bonchev–Trinajstić information content (AvgIpc) is 3.18. The summed E-state index contributed by atoms with van der Waals surface area (Å²) < 4.78 is 21.8. The van der Waals surface area contributed by atoms with Crippen LogP contribution in [0.25, 0.3) is 21.9 Å². The molecule has 33 heavy (non-hydrogen) atoms. The summed E-state index contributed by atoms with van der Waals surface area (Å²) in [5, 5.41) is 4.68. The second-order valence-electron chi connectivity index (χ2n) is 8.13. The number of carbonyl (C=O) groups excluding carboxylic acids is 1. The number of methoxy groups -OCH3 is 2. The molecule has 0 fully saturated rings. The van der Waals surface area contributed by atoms with Crippen LogP contribution in [0.1, 0.15) is 27.8 Å². The SMILES string of the molecule is COc1ccc(CCNC(=O)Cc2c(C)c3cc4c(C)coc4c(C)c3oc2=O)cc1OC. The molecule has 0 radical (unpaired) electrons. The number of nitrogens with one attached hydrogen (secondary N) is 1. The minimum absolute atomic E-state index is 0.0442. The first-order valence-electron chi connectivity index (χ1n) is 10.7. The van der Waals surface area contributed by atoms with Gasteiger partial charge in [-0.2, -0.15) is 0 Å². The van der Waals surface area contributed by atoms with Crippen LogP contribution in [0.2, 0.25) is 0 Å². The highest BCUT2D eigenvalue weighted by molar-refractivity contribution is 6.00. The summed E-state index contributed by atoms with van der Waals surface area (Å²) in [7, 11) is 3.17. The molecule has 0 saturated heterocycles. The number of rotatable bonds is 7. The van der Waals surface area contributed by atoms with Gasteiger partial charge >= 0.3 is 5.63 Å². The number of fused-ring (bicyclic) bond motifs is 2. The Morgan fingerprint density at radius 2 is 1.73 bits per heavy atom. The third kappa shape index (κ3) is 4.18. The number of hydrogen-bond donors (Lipinski definition) is 1. The van der Waals surface area contributed by atoms with Crippen LogP contribution in [0.5, 0.6) is 11.5 Å². The van der Waals surface area contributed by atoms with Crippen LogP contribution >= 0.6 is 0 Å². The second-order valence-corrected chi connectivity index (χ2v) is 8.13. The van der Waals surface area contributed by atoms with Gasteiger partial charge in [-0.15, -0.1) is 0 Å². The van der Waals surface area contributed by atoms with Crippen LogP contribution in [0.15, 0.2) is 44.2 Å². The Labute approximate surface area is 191 Å². The average molecular weight is 450 g/mol. The van der Waals surface area contributed by atoms with Crippen molar-refractivity contribution in [3.63, 3.8) is 0 Å². The second kappa shape index (κ2) is 9.02. The van der Waals surface area contributed by atoms with Crippen LogP contribution in [-0.2, 0) is 17.6 Å². The Bertz CT molecular complexity index is 1410. The first-order valence-corrected chi connectivity index (χ1v) is 10.7. The van der Waals surface area contributed by atoms with E-state index in [9.17, 15) is 9.59 Å². The third-order valence-electron chi connectivity index (χ3n) is 6.06. The van der Waals surface area contributed by atoms with Gasteiger partial charge < -0.3 is 23.6 Å². The predicted molar refractivity (Wildman–Crippen MR) is 126 cm³/mol. The van der Waals surface area contributed by atoms with E-state index >= 15 is 0 Å².